The normalized spacial score (nSPS) is 11.9. The van der Waals surface area contributed by atoms with Crippen molar-refractivity contribution in [1.82, 2.24) is 0 Å². The van der Waals surface area contributed by atoms with Crippen LogP contribution in [-0.2, 0) is 0 Å². The van der Waals surface area contributed by atoms with Gasteiger partial charge < -0.3 is 8.83 Å². The van der Waals surface area contributed by atoms with Crippen molar-refractivity contribution < 1.29 is 8.83 Å². The molecule has 0 aliphatic rings. The molecule has 0 saturated heterocycles. The van der Waals surface area contributed by atoms with Crippen LogP contribution in [-0.4, -0.2) is 0 Å². The Labute approximate surface area is 380 Å². The van der Waals surface area contributed by atoms with Crippen LogP contribution in [0, 0.1) is 0 Å². The minimum atomic E-state index is 0.861. The van der Waals surface area contributed by atoms with Crippen LogP contribution in [0.4, 0.5) is 0 Å². The van der Waals surface area contributed by atoms with Crippen LogP contribution in [0.2, 0.25) is 0 Å². The van der Waals surface area contributed by atoms with E-state index < -0.39 is 0 Å². The third-order valence-corrected chi connectivity index (χ3v) is 13.8. The fourth-order valence-corrected chi connectivity index (χ4v) is 11.1. The molecule has 0 bridgehead atoms. The van der Waals surface area contributed by atoms with Gasteiger partial charge in [-0.25, -0.2) is 0 Å². The Balaban J connectivity index is 0.992. The van der Waals surface area contributed by atoms with E-state index in [1.54, 1.807) is 0 Å². The molecule has 0 spiro atoms. The topological polar surface area (TPSA) is 26.3 Å². The standard InChI is InChI=1S/C64H38O2/c1-3-17-39(18-4-1)59-44-21-7-9-23-46(44)61(47-24-10-8-22-45(47)59)42-34-36-56-54(38-42)63-43(29-15-31-57(63)65-56)41-33-35-55-53(37-41)64-52(30-16-32-58(64)66-55)62-50-27-13-11-25-48(50)60(40-19-5-2-6-20-40)49-26-12-14-28-51(49)62/h1-38H. The summed E-state index contributed by atoms with van der Waals surface area (Å²) in [5.41, 5.74) is 15.4. The maximum absolute atomic E-state index is 6.72. The minimum absolute atomic E-state index is 0.861. The molecule has 0 N–H and O–H groups in total. The minimum Gasteiger partial charge on any atom is -0.456 e. The first-order chi connectivity index (χ1) is 32.8. The maximum atomic E-state index is 6.72. The summed E-state index contributed by atoms with van der Waals surface area (Å²) >= 11 is 0. The largest absolute Gasteiger partial charge is 0.456 e. The zero-order valence-electron chi connectivity index (χ0n) is 35.8. The molecule has 2 heteroatoms. The highest BCUT2D eigenvalue weighted by Gasteiger charge is 2.23. The van der Waals surface area contributed by atoms with E-state index in [4.69, 9.17) is 8.83 Å². The molecule has 14 aromatic rings. The highest BCUT2D eigenvalue weighted by atomic mass is 16.3. The van der Waals surface area contributed by atoms with Crippen molar-refractivity contribution in [3.63, 3.8) is 0 Å². The van der Waals surface area contributed by atoms with Gasteiger partial charge in [0.2, 0.25) is 0 Å². The molecule has 0 unspecified atom stereocenters. The predicted molar refractivity (Wildman–Crippen MR) is 278 cm³/mol. The van der Waals surface area contributed by atoms with E-state index in [1.165, 1.54) is 76.5 Å². The van der Waals surface area contributed by atoms with Crippen LogP contribution in [0.3, 0.4) is 0 Å². The molecular weight excluding hydrogens is 801 g/mol. The van der Waals surface area contributed by atoms with Crippen molar-refractivity contribution in [3.8, 4) is 55.6 Å². The van der Waals surface area contributed by atoms with Gasteiger partial charge in [-0.2, -0.15) is 0 Å². The molecule has 2 heterocycles. The summed E-state index contributed by atoms with van der Waals surface area (Å²) in [7, 11) is 0. The lowest BCUT2D eigenvalue weighted by Crippen LogP contribution is -1.91. The van der Waals surface area contributed by atoms with Crippen molar-refractivity contribution >= 4 is 87.0 Å². The number of hydrogen-bond donors (Lipinski definition) is 0. The van der Waals surface area contributed by atoms with Crippen molar-refractivity contribution in [2.75, 3.05) is 0 Å². The Hall–Kier alpha value is -8.72. The fraction of sp³-hybridized carbons (Fsp3) is 0. The van der Waals surface area contributed by atoms with E-state index >= 15 is 0 Å². The van der Waals surface area contributed by atoms with Gasteiger partial charge in [-0.05, 0) is 135 Å². The molecule has 2 nitrogen and oxygen atoms in total. The first kappa shape index (κ1) is 36.7. The van der Waals surface area contributed by atoms with Gasteiger partial charge >= 0.3 is 0 Å². The van der Waals surface area contributed by atoms with Gasteiger partial charge in [0.15, 0.2) is 0 Å². The molecule has 14 rings (SSSR count). The monoisotopic (exact) mass is 838 g/mol. The Morgan fingerprint density at radius 2 is 0.545 bits per heavy atom. The second-order valence-corrected chi connectivity index (χ2v) is 17.4. The van der Waals surface area contributed by atoms with Crippen LogP contribution in [0.25, 0.3) is 143 Å². The first-order valence-electron chi connectivity index (χ1n) is 22.7. The second kappa shape index (κ2) is 14.4. The Morgan fingerprint density at radius 1 is 0.197 bits per heavy atom. The number of benzene rings is 12. The van der Waals surface area contributed by atoms with Crippen molar-refractivity contribution in [2.45, 2.75) is 0 Å². The van der Waals surface area contributed by atoms with E-state index in [9.17, 15) is 0 Å². The average molecular weight is 839 g/mol. The summed E-state index contributed by atoms with van der Waals surface area (Å²) in [5, 5.41) is 14.2. The molecule has 0 fully saturated rings. The first-order valence-corrected chi connectivity index (χ1v) is 22.7. The Kier molecular flexibility index (Phi) is 8.02. The lowest BCUT2D eigenvalue weighted by atomic mass is 9.85. The SMILES string of the molecule is c1ccc(-c2c3ccccc3c(-c3ccc4oc5cccc(-c6ccc7oc8cccc(-c9c%10ccccc%10c(-c%10ccccc%10)c%10ccccc9%10)c8c7c6)c5c4c3)c3ccccc23)cc1. The predicted octanol–water partition coefficient (Wildman–Crippen LogP) is 18.4. The van der Waals surface area contributed by atoms with E-state index in [0.717, 1.165) is 66.1 Å². The summed E-state index contributed by atoms with van der Waals surface area (Å²) in [5.74, 6) is 0. The smallest absolute Gasteiger partial charge is 0.136 e. The Morgan fingerprint density at radius 3 is 1.00 bits per heavy atom. The van der Waals surface area contributed by atoms with Gasteiger partial charge in [0, 0.05) is 21.5 Å². The van der Waals surface area contributed by atoms with Gasteiger partial charge in [0.05, 0.1) is 0 Å². The summed E-state index contributed by atoms with van der Waals surface area (Å²) in [6, 6.07) is 83.3. The van der Waals surface area contributed by atoms with Gasteiger partial charge in [-0.3, -0.25) is 0 Å². The van der Waals surface area contributed by atoms with Crippen LogP contribution in [0.5, 0.6) is 0 Å². The summed E-state index contributed by atoms with van der Waals surface area (Å²) < 4.78 is 13.4. The highest BCUT2D eigenvalue weighted by molar-refractivity contribution is 6.27. The third-order valence-electron chi connectivity index (χ3n) is 13.8. The van der Waals surface area contributed by atoms with E-state index in [1.807, 2.05) is 0 Å². The quantitative estimate of drug-likeness (QED) is 0.161. The lowest BCUT2D eigenvalue weighted by Gasteiger charge is -2.18. The molecule has 0 aliphatic heterocycles. The van der Waals surface area contributed by atoms with Crippen LogP contribution >= 0.6 is 0 Å². The summed E-state index contributed by atoms with van der Waals surface area (Å²) in [4.78, 5) is 0. The summed E-state index contributed by atoms with van der Waals surface area (Å²) in [6.07, 6.45) is 0. The van der Waals surface area contributed by atoms with Crippen LogP contribution in [0.15, 0.2) is 239 Å². The fourth-order valence-electron chi connectivity index (χ4n) is 11.1. The molecule has 12 aromatic carbocycles. The van der Waals surface area contributed by atoms with E-state index in [-0.39, 0.29) is 0 Å². The maximum Gasteiger partial charge on any atom is 0.136 e. The van der Waals surface area contributed by atoms with Crippen LogP contribution in [0.1, 0.15) is 0 Å². The molecule has 306 valence electrons. The molecule has 0 radical (unpaired) electrons. The summed E-state index contributed by atoms with van der Waals surface area (Å²) in [6.45, 7) is 0. The molecule has 0 aliphatic carbocycles. The van der Waals surface area contributed by atoms with Gasteiger partial charge in [-0.1, -0.05) is 194 Å². The molecule has 0 saturated carbocycles. The molecule has 2 aromatic heterocycles. The molecule has 0 amide bonds. The number of hydrogen-bond acceptors (Lipinski definition) is 2. The highest BCUT2D eigenvalue weighted by Crippen LogP contribution is 2.49. The lowest BCUT2D eigenvalue weighted by molar-refractivity contribution is 0.669. The van der Waals surface area contributed by atoms with E-state index in [0.29, 0.717) is 0 Å². The third kappa shape index (κ3) is 5.42. The zero-order chi connectivity index (χ0) is 43.3. The number of rotatable bonds is 5. The second-order valence-electron chi connectivity index (χ2n) is 17.4. The van der Waals surface area contributed by atoms with Gasteiger partial charge in [0.25, 0.3) is 0 Å². The molecule has 0 atom stereocenters. The van der Waals surface area contributed by atoms with Crippen molar-refractivity contribution in [2.24, 2.45) is 0 Å². The van der Waals surface area contributed by atoms with Gasteiger partial charge in [-0.15, -0.1) is 0 Å². The zero-order valence-corrected chi connectivity index (χ0v) is 35.8. The molecular formula is C64H38O2. The Bertz CT molecular complexity index is 4150. The van der Waals surface area contributed by atoms with Gasteiger partial charge in [0.1, 0.15) is 22.3 Å². The van der Waals surface area contributed by atoms with Crippen molar-refractivity contribution in [3.05, 3.63) is 231 Å². The van der Waals surface area contributed by atoms with E-state index in [2.05, 4.69) is 231 Å². The number of fused-ring (bicyclic) bond motifs is 10. The number of furan rings is 2. The van der Waals surface area contributed by atoms with Crippen molar-refractivity contribution in [1.29, 1.82) is 0 Å². The van der Waals surface area contributed by atoms with Crippen LogP contribution < -0.4 is 0 Å². The average Bonchev–Trinajstić information content (AvgIpc) is 3.96. The molecule has 66 heavy (non-hydrogen) atoms.